The number of ether oxygens (including phenoxy) is 1. The molecule has 4 rings (SSSR count). The number of carbonyl (C=O) groups is 1. The number of benzene rings is 1. The molecule has 1 N–H and O–H groups in total. The molecular weight excluding hydrogens is 461 g/mol. The van der Waals surface area contributed by atoms with Crippen molar-refractivity contribution in [3.63, 3.8) is 0 Å². The Labute approximate surface area is 187 Å². The first-order chi connectivity index (χ1) is 15.6. The zero-order chi connectivity index (χ0) is 23.8. The van der Waals surface area contributed by atoms with E-state index in [0.29, 0.717) is 29.6 Å². The lowest BCUT2D eigenvalue weighted by molar-refractivity contribution is -0.0436. The number of pyridine rings is 1. The third kappa shape index (κ3) is 4.52. The van der Waals surface area contributed by atoms with Gasteiger partial charge in [0, 0.05) is 30.0 Å². The molecule has 1 amide bonds. The first kappa shape index (κ1) is 23.0. The van der Waals surface area contributed by atoms with Crippen LogP contribution in [0.15, 0.2) is 41.7 Å². The molecule has 3 aromatic rings. The van der Waals surface area contributed by atoms with E-state index in [4.69, 9.17) is 4.74 Å². The second-order valence-electron chi connectivity index (χ2n) is 7.82. The van der Waals surface area contributed by atoms with Crippen LogP contribution in [0.1, 0.15) is 48.5 Å². The fraction of sp³-hybridized carbons (Fsp3) is 0.381. The van der Waals surface area contributed by atoms with E-state index in [9.17, 15) is 26.4 Å². The lowest BCUT2D eigenvalue weighted by atomic mass is 9.96. The van der Waals surface area contributed by atoms with Gasteiger partial charge in [-0.05, 0) is 25.0 Å². The van der Waals surface area contributed by atoms with E-state index < -0.39 is 26.1 Å². The topological polar surface area (TPSA) is 103 Å². The summed E-state index contributed by atoms with van der Waals surface area (Å²) in [6.45, 7) is 0. The number of anilines is 1. The Balaban J connectivity index is 1.63. The highest BCUT2D eigenvalue weighted by Crippen LogP contribution is 2.34. The van der Waals surface area contributed by atoms with Crippen LogP contribution in [-0.2, 0) is 9.84 Å². The van der Waals surface area contributed by atoms with Gasteiger partial charge < -0.3 is 10.1 Å². The molecule has 0 saturated heterocycles. The molecular formula is C21H21F3N4O4S. The summed E-state index contributed by atoms with van der Waals surface area (Å²) in [4.78, 5) is 15.1. The molecule has 1 aliphatic carbocycles. The summed E-state index contributed by atoms with van der Waals surface area (Å²) in [6, 6.07) is 4.26. The summed E-state index contributed by atoms with van der Waals surface area (Å²) in [5.41, 5.74) is -4.91. The molecule has 2 aromatic heterocycles. The maximum absolute atomic E-state index is 12.8. The lowest BCUT2D eigenvalue weighted by Crippen LogP contribution is -2.24. The first-order valence-electron chi connectivity index (χ1n) is 10.2. The van der Waals surface area contributed by atoms with Gasteiger partial charge in [0.15, 0.2) is 0 Å². The van der Waals surface area contributed by atoms with E-state index in [2.05, 4.69) is 15.4 Å². The zero-order valence-electron chi connectivity index (χ0n) is 17.6. The number of carbonyl (C=O) groups excluding carboxylic acids is 1. The average molecular weight is 482 g/mol. The third-order valence-corrected chi connectivity index (χ3v) is 7.08. The SMILES string of the molecule is COc1cc2nn(C3CCCCC3)cc2cc1NC(=O)c1cncc(S(=O)(=O)C(F)(F)F)c1. The number of halogens is 3. The number of sulfone groups is 1. The second-order valence-corrected chi connectivity index (χ2v) is 9.77. The number of fused-ring (bicyclic) bond motifs is 1. The van der Waals surface area contributed by atoms with Crippen molar-refractivity contribution < 1.29 is 31.1 Å². The van der Waals surface area contributed by atoms with Crippen LogP contribution in [0.25, 0.3) is 10.9 Å². The summed E-state index contributed by atoms with van der Waals surface area (Å²) in [5, 5.41) is 7.94. The average Bonchev–Trinajstić information content (AvgIpc) is 3.21. The third-order valence-electron chi connectivity index (χ3n) is 5.63. The highest BCUT2D eigenvalue weighted by atomic mass is 32.2. The summed E-state index contributed by atoms with van der Waals surface area (Å²) in [7, 11) is -4.22. The molecule has 8 nitrogen and oxygen atoms in total. The molecule has 0 radical (unpaired) electrons. The van der Waals surface area contributed by atoms with Gasteiger partial charge in [0.25, 0.3) is 15.7 Å². The fourth-order valence-corrected chi connectivity index (χ4v) is 4.64. The van der Waals surface area contributed by atoms with E-state index in [-0.39, 0.29) is 11.3 Å². The molecule has 0 aliphatic heterocycles. The Hall–Kier alpha value is -3.15. The van der Waals surface area contributed by atoms with Crippen LogP contribution in [0, 0.1) is 0 Å². The molecule has 0 unspecified atom stereocenters. The Morgan fingerprint density at radius 3 is 2.55 bits per heavy atom. The van der Waals surface area contributed by atoms with Crippen LogP contribution in [0.5, 0.6) is 5.75 Å². The molecule has 12 heteroatoms. The molecule has 1 fully saturated rings. The number of aromatic nitrogens is 3. The number of methoxy groups -OCH3 is 1. The van der Waals surface area contributed by atoms with Crippen LogP contribution in [0.4, 0.5) is 18.9 Å². The van der Waals surface area contributed by atoms with Crippen molar-refractivity contribution in [2.45, 2.75) is 48.5 Å². The standard InChI is InChI=1S/C21H21F3N4O4S/c1-32-19-9-17-14(12-28(27-17)15-5-3-2-4-6-15)8-18(19)26-20(29)13-7-16(11-25-10-13)33(30,31)21(22,23)24/h7-12,15H,2-6H2,1H3,(H,26,29). The molecule has 1 saturated carbocycles. The lowest BCUT2D eigenvalue weighted by Gasteiger charge is -2.21. The van der Waals surface area contributed by atoms with Crippen LogP contribution in [0.2, 0.25) is 0 Å². The second kappa shape index (κ2) is 8.65. The maximum atomic E-state index is 12.8. The van der Waals surface area contributed by atoms with Gasteiger partial charge in [-0.1, -0.05) is 19.3 Å². The van der Waals surface area contributed by atoms with Gasteiger partial charge in [-0.3, -0.25) is 14.5 Å². The van der Waals surface area contributed by atoms with Crippen molar-refractivity contribution in [1.82, 2.24) is 14.8 Å². The molecule has 1 aliphatic rings. The van der Waals surface area contributed by atoms with Crippen molar-refractivity contribution in [2.75, 3.05) is 12.4 Å². The quantitative estimate of drug-likeness (QED) is 0.575. The number of rotatable bonds is 5. The number of nitrogens with one attached hydrogen (secondary N) is 1. The number of nitrogens with zero attached hydrogens (tertiary/aromatic N) is 3. The van der Waals surface area contributed by atoms with E-state index in [0.717, 1.165) is 37.3 Å². The molecule has 176 valence electrons. The van der Waals surface area contributed by atoms with Crippen molar-refractivity contribution >= 4 is 32.3 Å². The predicted molar refractivity (Wildman–Crippen MR) is 114 cm³/mol. The predicted octanol–water partition coefficient (Wildman–Crippen LogP) is 4.49. The summed E-state index contributed by atoms with van der Waals surface area (Å²) >= 11 is 0. The molecule has 2 heterocycles. The van der Waals surface area contributed by atoms with Crippen molar-refractivity contribution in [1.29, 1.82) is 0 Å². The Morgan fingerprint density at radius 1 is 1.15 bits per heavy atom. The van der Waals surface area contributed by atoms with E-state index in [1.807, 2.05) is 10.9 Å². The van der Waals surface area contributed by atoms with Gasteiger partial charge in [-0.2, -0.15) is 18.3 Å². The van der Waals surface area contributed by atoms with Crippen LogP contribution in [0.3, 0.4) is 0 Å². The maximum Gasteiger partial charge on any atom is 0.501 e. The Kier molecular flexibility index (Phi) is 6.04. The highest BCUT2D eigenvalue weighted by Gasteiger charge is 2.47. The highest BCUT2D eigenvalue weighted by molar-refractivity contribution is 7.92. The van der Waals surface area contributed by atoms with Gasteiger partial charge in [-0.15, -0.1) is 0 Å². The summed E-state index contributed by atoms with van der Waals surface area (Å²) in [6.07, 6.45) is 8.99. The van der Waals surface area contributed by atoms with Gasteiger partial charge in [-0.25, -0.2) is 8.42 Å². The smallest absolute Gasteiger partial charge is 0.494 e. The van der Waals surface area contributed by atoms with Gasteiger partial charge >= 0.3 is 5.51 Å². The van der Waals surface area contributed by atoms with E-state index >= 15 is 0 Å². The van der Waals surface area contributed by atoms with Gasteiger partial charge in [0.2, 0.25) is 0 Å². The zero-order valence-corrected chi connectivity index (χ0v) is 18.4. The molecule has 1 aromatic carbocycles. The number of amides is 1. The molecule has 0 bridgehead atoms. The minimum absolute atomic E-state index is 0.266. The summed E-state index contributed by atoms with van der Waals surface area (Å²) in [5.74, 6) is -0.532. The van der Waals surface area contributed by atoms with Crippen molar-refractivity contribution in [2.24, 2.45) is 0 Å². The largest absolute Gasteiger partial charge is 0.501 e. The summed E-state index contributed by atoms with van der Waals surface area (Å²) < 4.78 is 69.1. The van der Waals surface area contributed by atoms with Crippen LogP contribution in [-0.4, -0.2) is 41.7 Å². The molecule has 0 spiro atoms. The fourth-order valence-electron chi connectivity index (χ4n) is 3.89. The first-order valence-corrected chi connectivity index (χ1v) is 11.7. The minimum atomic E-state index is -5.63. The van der Waals surface area contributed by atoms with Crippen molar-refractivity contribution in [3.8, 4) is 5.75 Å². The van der Waals surface area contributed by atoms with E-state index in [1.54, 1.807) is 12.1 Å². The normalized spacial score (nSPS) is 15.5. The number of hydrogen-bond acceptors (Lipinski definition) is 6. The van der Waals surface area contributed by atoms with Gasteiger partial charge in [0.05, 0.1) is 34.8 Å². The van der Waals surface area contributed by atoms with Crippen LogP contribution >= 0.6 is 0 Å². The van der Waals surface area contributed by atoms with Gasteiger partial charge in [0.1, 0.15) is 5.75 Å². The molecule has 33 heavy (non-hydrogen) atoms. The number of alkyl halides is 3. The van der Waals surface area contributed by atoms with E-state index in [1.165, 1.54) is 13.5 Å². The number of hydrogen-bond donors (Lipinski definition) is 1. The Bertz CT molecular complexity index is 1300. The Morgan fingerprint density at radius 2 is 1.88 bits per heavy atom. The minimum Gasteiger partial charge on any atom is -0.494 e. The monoisotopic (exact) mass is 482 g/mol. The van der Waals surface area contributed by atoms with Crippen LogP contribution < -0.4 is 10.1 Å². The van der Waals surface area contributed by atoms with Crippen molar-refractivity contribution in [3.05, 3.63) is 42.4 Å². The molecule has 0 atom stereocenters.